The van der Waals surface area contributed by atoms with E-state index < -0.39 is 6.10 Å². The van der Waals surface area contributed by atoms with Crippen molar-refractivity contribution in [1.29, 1.82) is 0 Å². The van der Waals surface area contributed by atoms with Gasteiger partial charge in [-0.2, -0.15) is 0 Å². The summed E-state index contributed by atoms with van der Waals surface area (Å²) in [5.41, 5.74) is 1.56. The van der Waals surface area contributed by atoms with Crippen LogP contribution in [0.25, 0.3) is 0 Å². The molecule has 0 fully saturated rings. The third kappa shape index (κ3) is 3.53. The van der Waals surface area contributed by atoms with Gasteiger partial charge < -0.3 is 14.9 Å². The number of benzene rings is 1. The summed E-state index contributed by atoms with van der Waals surface area (Å²) in [6.07, 6.45) is 1.54. The van der Waals surface area contributed by atoms with E-state index in [1.165, 1.54) is 0 Å². The van der Waals surface area contributed by atoms with E-state index in [-0.39, 0.29) is 6.61 Å². The molecule has 0 saturated carbocycles. The first-order valence-corrected chi connectivity index (χ1v) is 6.21. The van der Waals surface area contributed by atoms with Crippen molar-refractivity contribution >= 4 is 0 Å². The summed E-state index contributed by atoms with van der Waals surface area (Å²) in [4.78, 5) is 4.13. The van der Waals surface area contributed by atoms with Gasteiger partial charge in [-0.3, -0.25) is 4.98 Å². The van der Waals surface area contributed by atoms with E-state index in [1.807, 2.05) is 24.3 Å². The molecule has 1 heterocycles. The molecule has 0 aliphatic carbocycles. The van der Waals surface area contributed by atoms with Crippen molar-refractivity contribution in [2.75, 3.05) is 6.61 Å². The summed E-state index contributed by atoms with van der Waals surface area (Å²) in [6.45, 7) is 1.75. The van der Waals surface area contributed by atoms with Crippen LogP contribution in [0, 0.1) is 0 Å². The maximum atomic E-state index is 9.39. The SMILES string of the molecule is C[C@H](O)c1ccc(Oc2ccccc2CCO)cn1. The molecule has 19 heavy (non-hydrogen) atoms. The van der Waals surface area contributed by atoms with Crippen LogP contribution in [0.2, 0.25) is 0 Å². The van der Waals surface area contributed by atoms with Crippen LogP contribution in [0.1, 0.15) is 24.3 Å². The summed E-state index contributed by atoms with van der Waals surface area (Å²) in [5.74, 6) is 1.32. The number of ether oxygens (including phenoxy) is 1. The van der Waals surface area contributed by atoms with E-state index in [1.54, 1.807) is 25.3 Å². The minimum absolute atomic E-state index is 0.0829. The number of aliphatic hydroxyl groups excluding tert-OH is 2. The molecule has 0 radical (unpaired) electrons. The highest BCUT2D eigenvalue weighted by Crippen LogP contribution is 2.25. The molecule has 0 spiro atoms. The third-order valence-corrected chi connectivity index (χ3v) is 2.77. The van der Waals surface area contributed by atoms with Crippen LogP contribution in [0.3, 0.4) is 0 Å². The second-order valence-electron chi connectivity index (χ2n) is 4.28. The molecule has 2 rings (SSSR count). The Kier molecular flexibility index (Phi) is 4.49. The van der Waals surface area contributed by atoms with Gasteiger partial charge in [-0.15, -0.1) is 0 Å². The molecule has 0 aliphatic rings. The molecule has 0 unspecified atom stereocenters. The molecule has 0 bridgehead atoms. The zero-order valence-electron chi connectivity index (χ0n) is 10.8. The third-order valence-electron chi connectivity index (χ3n) is 2.77. The van der Waals surface area contributed by atoms with E-state index in [2.05, 4.69) is 4.98 Å². The normalized spacial score (nSPS) is 12.2. The zero-order chi connectivity index (χ0) is 13.7. The monoisotopic (exact) mass is 259 g/mol. The second kappa shape index (κ2) is 6.31. The fourth-order valence-corrected chi connectivity index (χ4v) is 1.76. The molecule has 4 heteroatoms. The Morgan fingerprint density at radius 1 is 1.21 bits per heavy atom. The fourth-order valence-electron chi connectivity index (χ4n) is 1.76. The highest BCUT2D eigenvalue weighted by atomic mass is 16.5. The molecule has 1 aromatic heterocycles. The van der Waals surface area contributed by atoms with Gasteiger partial charge in [0.15, 0.2) is 0 Å². The van der Waals surface area contributed by atoms with E-state index in [0.717, 1.165) is 5.56 Å². The maximum absolute atomic E-state index is 9.39. The molecule has 1 atom stereocenters. The van der Waals surface area contributed by atoms with Gasteiger partial charge in [0.25, 0.3) is 0 Å². The highest BCUT2D eigenvalue weighted by molar-refractivity contribution is 5.37. The average molecular weight is 259 g/mol. The Labute approximate surface area is 112 Å². The van der Waals surface area contributed by atoms with Crippen LogP contribution in [0.5, 0.6) is 11.5 Å². The Morgan fingerprint density at radius 2 is 2.00 bits per heavy atom. The fraction of sp³-hybridized carbons (Fsp3) is 0.267. The van der Waals surface area contributed by atoms with Gasteiger partial charge >= 0.3 is 0 Å². The average Bonchev–Trinajstić information content (AvgIpc) is 2.42. The number of hydrogen-bond donors (Lipinski definition) is 2. The number of rotatable bonds is 5. The lowest BCUT2D eigenvalue weighted by Crippen LogP contribution is -1.97. The van der Waals surface area contributed by atoms with E-state index in [9.17, 15) is 5.11 Å². The Bertz CT molecular complexity index is 523. The topological polar surface area (TPSA) is 62.6 Å². The van der Waals surface area contributed by atoms with Gasteiger partial charge in [0.2, 0.25) is 0 Å². The van der Waals surface area contributed by atoms with Crippen molar-refractivity contribution in [3.05, 3.63) is 53.9 Å². The van der Waals surface area contributed by atoms with E-state index in [4.69, 9.17) is 9.84 Å². The van der Waals surface area contributed by atoms with Crippen LogP contribution in [-0.2, 0) is 6.42 Å². The van der Waals surface area contributed by atoms with Gasteiger partial charge in [-0.1, -0.05) is 18.2 Å². The lowest BCUT2D eigenvalue weighted by Gasteiger charge is -2.11. The molecule has 2 N–H and O–H groups in total. The summed E-state index contributed by atoms with van der Waals surface area (Å²) in [6, 6.07) is 11.1. The second-order valence-corrected chi connectivity index (χ2v) is 4.28. The molecule has 0 saturated heterocycles. The smallest absolute Gasteiger partial charge is 0.145 e. The summed E-state index contributed by atoms with van der Waals surface area (Å²) in [5, 5.41) is 18.4. The number of para-hydroxylation sites is 1. The molecule has 0 amide bonds. The number of aliphatic hydroxyl groups is 2. The summed E-state index contributed by atoms with van der Waals surface area (Å²) < 4.78 is 5.74. The highest BCUT2D eigenvalue weighted by Gasteiger charge is 2.06. The molecule has 1 aromatic carbocycles. The predicted octanol–water partition coefficient (Wildman–Crippen LogP) is 2.46. The van der Waals surface area contributed by atoms with E-state index >= 15 is 0 Å². The molecule has 100 valence electrons. The lowest BCUT2D eigenvalue weighted by atomic mass is 10.1. The number of nitrogens with zero attached hydrogens (tertiary/aromatic N) is 1. The van der Waals surface area contributed by atoms with Crippen molar-refractivity contribution < 1.29 is 14.9 Å². The van der Waals surface area contributed by atoms with Crippen molar-refractivity contribution in [2.24, 2.45) is 0 Å². The van der Waals surface area contributed by atoms with Gasteiger partial charge in [0.05, 0.1) is 18.0 Å². The lowest BCUT2D eigenvalue weighted by molar-refractivity contribution is 0.194. The largest absolute Gasteiger partial charge is 0.455 e. The first-order valence-electron chi connectivity index (χ1n) is 6.21. The first-order chi connectivity index (χ1) is 9.20. The van der Waals surface area contributed by atoms with Gasteiger partial charge in [0, 0.05) is 6.61 Å². The number of aromatic nitrogens is 1. The molecule has 2 aromatic rings. The predicted molar refractivity (Wildman–Crippen MR) is 72.2 cm³/mol. The van der Waals surface area contributed by atoms with Crippen LogP contribution in [0.15, 0.2) is 42.6 Å². The minimum Gasteiger partial charge on any atom is -0.455 e. The van der Waals surface area contributed by atoms with Crippen LogP contribution < -0.4 is 4.74 Å². The van der Waals surface area contributed by atoms with Gasteiger partial charge in [-0.05, 0) is 37.1 Å². The van der Waals surface area contributed by atoms with Crippen molar-refractivity contribution in [2.45, 2.75) is 19.4 Å². The van der Waals surface area contributed by atoms with Crippen LogP contribution in [-0.4, -0.2) is 21.8 Å². The quantitative estimate of drug-likeness (QED) is 0.865. The molecular formula is C15H17NO3. The minimum atomic E-state index is -0.587. The molecule has 0 aliphatic heterocycles. The number of hydrogen-bond acceptors (Lipinski definition) is 4. The zero-order valence-corrected chi connectivity index (χ0v) is 10.8. The van der Waals surface area contributed by atoms with Crippen molar-refractivity contribution in [1.82, 2.24) is 4.98 Å². The van der Waals surface area contributed by atoms with Crippen LogP contribution in [0.4, 0.5) is 0 Å². The van der Waals surface area contributed by atoms with Gasteiger partial charge in [0.1, 0.15) is 11.5 Å². The summed E-state index contributed by atoms with van der Waals surface area (Å²) >= 11 is 0. The van der Waals surface area contributed by atoms with Crippen molar-refractivity contribution in [3.63, 3.8) is 0 Å². The molecular weight excluding hydrogens is 242 g/mol. The van der Waals surface area contributed by atoms with Crippen molar-refractivity contribution in [3.8, 4) is 11.5 Å². The van der Waals surface area contributed by atoms with Gasteiger partial charge in [-0.25, -0.2) is 0 Å². The van der Waals surface area contributed by atoms with Crippen LogP contribution >= 0.6 is 0 Å². The first kappa shape index (κ1) is 13.5. The Hall–Kier alpha value is -1.91. The summed E-state index contributed by atoms with van der Waals surface area (Å²) in [7, 11) is 0. The Morgan fingerprint density at radius 3 is 2.63 bits per heavy atom. The van der Waals surface area contributed by atoms with E-state index in [0.29, 0.717) is 23.6 Å². The number of pyridine rings is 1. The Balaban J connectivity index is 2.16. The standard InChI is InChI=1S/C15H17NO3/c1-11(18)14-7-6-13(10-16-14)19-15-5-3-2-4-12(15)8-9-17/h2-7,10-11,17-18H,8-9H2,1H3/t11-/m0/s1. The maximum Gasteiger partial charge on any atom is 0.145 e. The molecule has 4 nitrogen and oxygen atoms in total.